The molecule has 1 saturated heterocycles. The summed E-state index contributed by atoms with van der Waals surface area (Å²) in [4.78, 5) is 16.1. The summed E-state index contributed by atoms with van der Waals surface area (Å²) in [5.74, 6) is -0.135. The number of rotatable bonds is 4. The van der Waals surface area contributed by atoms with E-state index in [-0.39, 0.29) is 22.0 Å². The van der Waals surface area contributed by atoms with E-state index in [9.17, 15) is 13.2 Å². The zero-order valence-corrected chi connectivity index (χ0v) is 15.0. The normalized spacial score (nSPS) is 16.5. The van der Waals surface area contributed by atoms with Gasteiger partial charge in [-0.3, -0.25) is 4.79 Å². The van der Waals surface area contributed by atoms with Gasteiger partial charge in [0.05, 0.1) is 0 Å². The van der Waals surface area contributed by atoms with Crippen molar-refractivity contribution in [3.63, 3.8) is 0 Å². The quantitative estimate of drug-likeness (QED) is 0.827. The summed E-state index contributed by atoms with van der Waals surface area (Å²) in [6.07, 6.45) is 2.40. The Morgan fingerprint density at radius 1 is 1.12 bits per heavy atom. The van der Waals surface area contributed by atoms with Crippen molar-refractivity contribution in [2.75, 3.05) is 13.1 Å². The van der Waals surface area contributed by atoms with Crippen LogP contribution in [0.4, 0.5) is 0 Å². The molecule has 1 fully saturated rings. The first-order valence-electron chi connectivity index (χ1n) is 7.94. The fourth-order valence-electron chi connectivity index (χ4n) is 2.76. The average molecular weight is 380 g/mol. The van der Waals surface area contributed by atoms with Crippen LogP contribution in [0.2, 0.25) is 5.15 Å². The zero-order valence-electron chi connectivity index (χ0n) is 13.4. The molecule has 0 bridgehead atoms. The predicted octanol–water partition coefficient (Wildman–Crippen LogP) is 2.32. The fraction of sp³-hybridized carbons (Fsp3) is 0.294. The van der Waals surface area contributed by atoms with Gasteiger partial charge in [-0.25, -0.2) is 13.4 Å². The second-order valence-corrected chi connectivity index (χ2v) is 8.16. The van der Waals surface area contributed by atoms with Gasteiger partial charge >= 0.3 is 0 Å². The van der Waals surface area contributed by atoms with Crippen molar-refractivity contribution in [2.24, 2.45) is 0 Å². The van der Waals surface area contributed by atoms with Crippen molar-refractivity contribution in [1.82, 2.24) is 14.6 Å². The molecule has 1 aromatic heterocycles. The van der Waals surface area contributed by atoms with Gasteiger partial charge in [0.15, 0.2) is 0 Å². The molecule has 1 N–H and O–H groups in total. The Hall–Kier alpha value is -1.96. The highest BCUT2D eigenvalue weighted by molar-refractivity contribution is 7.89. The van der Waals surface area contributed by atoms with E-state index in [0.29, 0.717) is 31.5 Å². The van der Waals surface area contributed by atoms with Crippen molar-refractivity contribution in [2.45, 2.75) is 23.8 Å². The molecule has 6 nitrogen and oxygen atoms in total. The van der Waals surface area contributed by atoms with E-state index in [1.807, 2.05) is 18.2 Å². The Kier molecular flexibility index (Phi) is 5.36. The molecule has 2 heterocycles. The number of hydrogen-bond acceptors (Lipinski definition) is 4. The molecule has 0 aliphatic carbocycles. The van der Waals surface area contributed by atoms with Gasteiger partial charge in [0.2, 0.25) is 10.0 Å². The largest absolute Gasteiger partial charge is 0.349 e. The minimum absolute atomic E-state index is 0.0394. The summed E-state index contributed by atoms with van der Waals surface area (Å²) >= 11 is 5.71. The average Bonchev–Trinajstić information content (AvgIpc) is 2.63. The number of carbonyl (C=O) groups is 1. The van der Waals surface area contributed by atoms with Crippen LogP contribution < -0.4 is 5.32 Å². The van der Waals surface area contributed by atoms with Crippen LogP contribution in [0.1, 0.15) is 23.2 Å². The molecular weight excluding hydrogens is 362 g/mol. The van der Waals surface area contributed by atoms with Crippen LogP contribution >= 0.6 is 11.6 Å². The number of nitrogens with one attached hydrogen (secondary N) is 1. The number of aromatic nitrogens is 1. The molecule has 8 heteroatoms. The molecule has 25 heavy (non-hydrogen) atoms. The Balaban J connectivity index is 1.60. The topological polar surface area (TPSA) is 79.4 Å². The van der Waals surface area contributed by atoms with Gasteiger partial charge < -0.3 is 5.32 Å². The van der Waals surface area contributed by atoms with Gasteiger partial charge in [0.25, 0.3) is 5.91 Å². The number of pyridine rings is 1. The van der Waals surface area contributed by atoms with Crippen LogP contribution in [0.3, 0.4) is 0 Å². The van der Waals surface area contributed by atoms with E-state index in [4.69, 9.17) is 11.6 Å². The highest BCUT2D eigenvalue weighted by atomic mass is 35.5. The summed E-state index contributed by atoms with van der Waals surface area (Å²) in [6, 6.07) is 11.8. The number of amides is 1. The van der Waals surface area contributed by atoms with Crippen LogP contribution in [0.15, 0.2) is 53.6 Å². The first-order valence-corrected chi connectivity index (χ1v) is 9.76. The van der Waals surface area contributed by atoms with Crippen molar-refractivity contribution in [3.8, 4) is 0 Å². The van der Waals surface area contributed by atoms with E-state index >= 15 is 0 Å². The van der Waals surface area contributed by atoms with Crippen molar-refractivity contribution in [1.29, 1.82) is 0 Å². The maximum Gasteiger partial charge on any atom is 0.251 e. The zero-order chi connectivity index (χ0) is 17.9. The van der Waals surface area contributed by atoms with E-state index in [2.05, 4.69) is 10.3 Å². The third-order valence-corrected chi connectivity index (χ3v) is 6.27. The van der Waals surface area contributed by atoms with E-state index in [0.717, 1.165) is 0 Å². The fourth-order valence-corrected chi connectivity index (χ4v) is 4.29. The lowest BCUT2D eigenvalue weighted by molar-refractivity contribution is 0.0924. The number of hydrogen-bond donors (Lipinski definition) is 1. The molecule has 0 spiro atoms. The second kappa shape index (κ2) is 7.51. The Morgan fingerprint density at radius 2 is 1.80 bits per heavy atom. The van der Waals surface area contributed by atoms with Gasteiger partial charge in [0, 0.05) is 30.9 Å². The first kappa shape index (κ1) is 17.8. The summed E-state index contributed by atoms with van der Waals surface area (Å²) in [7, 11) is -3.58. The van der Waals surface area contributed by atoms with Crippen molar-refractivity contribution >= 4 is 27.5 Å². The molecule has 1 aliphatic heterocycles. The van der Waals surface area contributed by atoms with Gasteiger partial charge in [-0.1, -0.05) is 29.8 Å². The number of benzene rings is 1. The maximum absolute atomic E-state index is 12.6. The van der Waals surface area contributed by atoms with Crippen LogP contribution in [-0.4, -0.2) is 42.7 Å². The molecule has 3 rings (SSSR count). The first-order chi connectivity index (χ1) is 12.0. The third kappa shape index (κ3) is 4.18. The van der Waals surface area contributed by atoms with Gasteiger partial charge in [-0.05, 0) is 37.1 Å². The van der Waals surface area contributed by atoms with Crippen LogP contribution in [0, 0.1) is 0 Å². The number of sulfonamides is 1. The number of halogens is 1. The Morgan fingerprint density at radius 3 is 2.40 bits per heavy atom. The summed E-state index contributed by atoms with van der Waals surface area (Å²) in [6.45, 7) is 0.704. The molecule has 2 aromatic rings. The lowest BCUT2D eigenvalue weighted by Crippen LogP contribution is -2.46. The predicted molar refractivity (Wildman–Crippen MR) is 94.9 cm³/mol. The van der Waals surface area contributed by atoms with E-state index in [1.165, 1.54) is 22.6 Å². The van der Waals surface area contributed by atoms with Crippen LogP contribution in [0.25, 0.3) is 0 Å². The SMILES string of the molecule is O=C(NC1CCN(S(=O)(=O)c2ccc(Cl)nc2)CC1)c1ccccc1. The summed E-state index contributed by atoms with van der Waals surface area (Å²) in [5, 5.41) is 3.22. The minimum atomic E-state index is -3.58. The Labute approximate surface area is 151 Å². The third-order valence-electron chi connectivity index (χ3n) is 4.16. The smallest absolute Gasteiger partial charge is 0.251 e. The van der Waals surface area contributed by atoms with Crippen LogP contribution in [-0.2, 0) is 10.0 Å². The summed E-state index contributed by atoms with van der Waals surface area (Å²) < 4.78 is 26.6. The van der Waals surface area contributed by atoms with Crippen molar-refractivity contribution in [3.05, 3.63) is 59.4 Å². The molecule has 0 saturated carbocycles. The molecule has 1 aliphatic rings. The molecule has 1 aromatic carbocycles. The van der Waals surface area contributed by atoms with Gasteiger partial charge in [-0.15, -0.1) is 0 Å². The molecular formula is C17H18ClN3O3S. The molecule has 0 unspecified atom stereocenters. The molecule has 0 radical (unpaired) electrons. The van der Waals surface area contributed by atoms with Crippen molar-refractivity contribution < 1.29 is 13.2 Å². The van der Waals surface area contributed by atoms with E-state index < -0.39 is 10.0 Å². The van der Waals surface area contributed by atoms with Gasteiger partial charge in [-0.2, -0.15) is 4.31 Å². The number of carbonyl (C=O) groups excluding carboxylic acids is 1. The highest BCUT2D eigenvalue weighted by Crippen LogP contribution is 2.21. The maximum atomic E-state index is 12.6. The lowest BCUT2D eigenvalue weighted by atomic mass is 10.1. The Bertz CT molecular complexity index is 833. The van der Waals surface area contributed by atoms with E-state index in [1.54, 1.807) is 12.1 Å². The monoisotopic (exact) mass is 379 g/mol. The standard InChI is InChI=1S/C17H18ClN3O3S/c18-16-7-6-15(12-19-16)25(23,24)21-10-8-14(9-11-21)20-17(22)13-4-2-1-3-5-13/h1-7,12,14H,8-11H2,(H,20,22). The number of nitrogens with zero attached hydrogens (tertiary/aromatic N) is 2. The molecule has 132 valence electrons. The second-order valence-electron chi connectivity index (χ2n) is 5.83. The number of piperidine rings is 1. The summed E-state index contributed by atoms with van der Waals surface area (Å²) in [5.41, 5.74) is 0.602. The van der Waals surface area contributed by atoms with Gasteiger partial charge in [0.1, 0.15) is 10.0 Å². The van der Waals surface area contributed by atoms with Crippen LogP contribution in [0.5, 0.6) is 0 Å². The minimum Gasteiger partial charge on any atom is -0.349 e. The molecule has 0 atom stereocenters. The highest BCUT2D eigenvalue weighted by Gasteiger charge is 2.30. The lowest BCUT2D eigenvalue weighted by Gasteiger charge is -2.31. The molecule has 1 amide bonds.